The van der Waals surface area contributed by atoms with E-state index in [-0.39, 0.29) is 5.03 Å². The minimum absolute atomic E-state index is 0.0617. The van der Waals surface area contributed by atoms with Gasteiger partial charge in [-0.1, -0.05) is 0 Å². The van der Waals surface area contributed by atoms with Crippen LogP contribution in [0.2, 0.25) is 0 Å². The first kappa shape index (κ1) is 8.22. The van der Waals surface area contributed by atoms with Crippen LogP contribution in [0, 0.1) is 0 Å². The van der Waals surface area contributed by atoms with Crippen LogP contribution in [0.5, 0.6) is 0 Å². The van der Waals surface area contributed by atoms with Gasteiger partial charge in [0, 0.05) is 6.20 Å². The molecule has 0 fully saturated rings. The Morgan fingerprint density at radius 1 is 1.55 bits per heavy atom. The molecule has 0 aliphatic heterocycles. The van der Waals surface area contributed by atoms with E-state index < -0.39 is 22.2 Å². The van der Waals surface area contributed by atoms with Gasteiger partial charge in [0.2, 0.25) is 0 Å². The lowest BCUT2D eigenvalue weighted by Crippen LogP contribution is -2.09. The van der Waals surface area contributed by atoms with Crippen LogP contribution in [0.15, 0.2) is 17.6 Å². The van der Waals surface area contributed by atoms with Gasteiger partial charge in [0.25, 0.3) is 0 Å². The first-order valence-corrected chi connectivity index (χ1v) is 4.61. The molecule has 0 aromatic carbocycles. The van der Waals surface area contributed by atoms with Crippen molar-refractivity contribution in [3.8, 4) is 0 Å². The van der Waals surface area contributed by atoms with Crippen molar-refractivity contribution >= 4 is 9.84 Å². The maximum Gasteiger partial charge on any atom is 0.199 e. The normalized spacial score (nSPS) is 11.7. The summed E-state index contributed by atoms with van der Waals surface area (Å²) >= 11 is 0. The third-order valence-corrected chi connectivity index (χ3v) is 2.71. The van der Waals surface area contributed by atoms with Gasteiger partial charge in [-0.2, -0.15) is 0 Å². The van der Waals surface area contributed by atoms with Crippen molar-refractivity contribution in [1.82, 2.24) is 9.97 Å². The molecule has 5 nitrogen and oxygen atoms in total. The Hall–Kier alpha value is -0.880. The number of rotatable bonds is 3. The van der Waals surface area contributed by atoms with Crippen molar-refractivity contribution in [1.29, 1.82) is 0 Å². The van der Waals surface area contributed by atoms with E-state index >= 15 is 0 Å². The number of sulfone groups is 1. The molecule has 1 aromatic rings. The zero-order valence-electron chi connectivity index (χ0n) is 5.65. The van der Waals surface area contributed by atoms with Crippen molar-refractivity contribution in [3.05, 3.63) is 12.5 Å². The SMILES string of the molecule is [O]CCS(=O)(=O)c1c[nH]cn1. The van der Waals surface area contributed by atoms with Gasteiger partial charge < -0.3 is 4.98 Å². The standard InChI is InChI=1S/C5H7N2O3S/c8-1-2-11(9,10)5-3-6-4-7-5/h3-4H,1-2H2,(H,6,7). The van der Waals surface area contributed by atoms with E-state index in [9.17, 15) is 13.5 Å². The van der Waals surface area contributed by atoms with E-state index in [0.29, 0.717) is 0 Å². The van der Waals surface area contributed by atoms with Crippen LogP contribution < -0.4 is 0 Å². The van der Waals surface area contributed by atoms with Crippen molar-refractivity contribution in [2.24, 2.45) is 0 Å². The molecule has 0 saturated carbocycles. The van der Waals surface area contributed by atoms with Crippen LogP contribution >= 0.6 is 0 Å². The number of hydrogen-bond acceptors (Lipinski definition) is 3. The summed E-state index contributed by atoms with van der Waals surface area (Å²) in [5, 5.41) is 9.96. The Morgan fingerprint density at radius 3 is 2.73 bits per heavy atom. The number of nitrogens with zero attached hydrogens (tertiary/aromatic N) is 1. The highest BCUT2D eigenvalue weighted by molar-refractivity contribution is 7.91. The molecule has 0 aliphatic rings. The van der Waals surface area contributed by atoms with Crippen LogP contribution in [0.4, 0.5) is 0 Å². The number of imidazole rings is 1. The quantitative estimate of drug-likeness (QED) is 0.679. The summed E-state index contributed by atoms with van der Waals surface area (Å²) in [4.78, 5) is 6.03. The molecule has 6 heteroatoms. The van der Waals surface area contributed by atoms with Crippen molar-refractivity contribution in [2.75, 3.05) is 12.4 Å². The minimum atomic E-state index is -3.42. The summed E-state index contributed by atoms with van der Waals surface area (Å²) in [6.45, 7) is -0.630. The minimum Gasteiger partial charge on any atom is -0.350 e. The van der Waals surface area contributed by atoms with Gasteiger partial charge in [-0.3, -0.25) is 0 Å². The summed E-state index contributed by atoms with van der Waals surface area (Å²) in [5.41, 5.74) is 0. The summed E-state index contributed by atoms with van der Waals surface area (Å²) in [6.07, 6.45) is 2.52. The molecule has 0 amide bonds. The summed E-state index contributed by atoms with van der Waals surface area (Å²) in [5.74, 6) is -0.391. The lowest BCUT2D eigenvalue weighted by molar-refractivity contribution is 0.213. The molecule has 1 heterocycles. The average Bonchev–Trinajstić information content (AvgIpc) is 2.37. The molecule has 1 radical (unpaired) electrons. The lowest BCUT2D eigenvalue weighted by Gasteiger charge is -1.93. The molecule has 0 bridgehead atoms. The van der Waals surface area contributed by atoms with Crippen LogP contribution in [-0.2, 0) is 14.9 Å². The topological polar surface area (TPSA) is 82.7 Å². The number of aromatic amines is 1. The molecule has 0 saturated heterocycles. The van der Waals surface area contributed by atoms with Crippen LogP contribution in [0.3, 0.4) is 0 Å². The Balaban J connectivity index is 2.92. The van der Waals surface area contributed by atoms with Crippen molar-refractivity contribution in [2.45, 2.75) is 5.03 Å². The van der Waals surface area contributed by atoms with E-state index in [2.05, 4.69) is 9.97 Å². The maximum atomic E-state index is 11.0. The number of aromatic nitrogens is 2. The second kappa shape index (κ2) is 3.02. The monoisotopic (exact) mass is 175 g/mol. The molecular formula is C5H7N2O3S. The lowest BCUT2D eigenvalue weighted by atomic mass is 10.9. The average molecular weight is 175 g/mol. The second-order valence-corrected chi connectivity index (χ2v) is 3.99. The van der Waals surface area contributed by atoms with E-state index in [0.717, 1.165) is 0 Å². The van der Waals surface area contributed by atoms with Gasteiger partial charge in [-0.25, -0.2) is 18.5 Å². The fourth-order valence-corrected chi connectivity index (χ4v) is 1.52. The molecule has 0 spiro atoms. The van der Waals surface area contributed by atoms with Crippen molar-refractivity contribution in [3.63, 3.8) is 0 Å². The fraction of sp³-hybridized carbons (Fsp3) is 0.400. The number of hydrogen-bond donors (Lipinski definition) is 1. The van der Waals surface area contributed by atoms with Gasteiger partial charge in [0.15, 0.2) is 14.9 Å². The molecule has 0 aliphatic carbocycles. The van der Waals surface area contributed by atoms with E-state index in [4.69, 9.17) is 0 Å². The molecule has 11 heavy (non-hydrogen) atoms. The fourth-order valence-electron chi connectivity index (χ4n) is 0.631. The van der Waals surface area contributed by atoms with Gasteiger partial charge in [-0.15, -0.1) is 0 Å². The number of nitrogens with one attached hydrogen (secondary N) is 1. The third kappa shape index (κ3) is 1.78. The van der Waals surface area contributed by atoms with Gasteiger partial charge in [0.1, 0.15) is 0 Å². The summed E-state index contributed by atoms with van der Waals surface area (Å²) < 4.78 is 22.0. The van der Waals surface area contributed by atoms with Gasteiger partial charge >= 0.3 is 0 Å². The molecule has 0 atom stereocenters. The Labute approximate surface area is 64.0 Å². The second-order valence-electron chi connectivity index (χ2n) is 1.93. The molecule has 61 valence electrons. The molecule has 1 N–H and O–H groups in total. The third-order valence-electron chi connectivity index (χ3n) is 1.14. The zero-order valence-corrected chi connectivity index (χ0v) is 6.47. The molecular weight excluding hydrogens is 168 g/mol. The smallest absolute Gasteiger partial charge is 0.199 e. The van der Waals surface area contributed by atoms with Crippen LogP contribution in [0.25, 0.3) is 0 Å². The predicted octanol–water partition coefficient (Wildman–Crippen LogP) is -0.386. The van der Waals surface area contributed by atoms with Gasteiger partial charge in [0.05, 0.1) is 18.7 Å². The Morgan fingerprint density at radius 2 is 2.27 bits per heavy atom. The van der Waals surface area contributed by atoms with Crippen molar-refractivity contribution < 1.29 is 13.5 Å². The molecule has 1 aromatic heterocycles. The molecule has 0 unspecified atom stereocenters. The van der Waals surface area contributed by atoms with E-state index in [1.165, 1.54) is 12.5 Å². The van der Waals surface area contributed by atoms with E-state index in [1.54, 1.807) is 0 Å². The van der Waals surface area contributed by atoms with Crippen LogP contribution in [0.1, 0.15) is 0 Å². The Kier molecular flexibility index (Phi) is 2.25. The first-order chi connectivity index (χ1) is 5.17. The van der Waals surface area contributed by atoms with E-state index in [1.807, 2.05) is 0 Å². The highest BCUT2D eigenvalue weighted by Crippen LogP contribution is 2.03. The highest BCUT2D eigenvalue weighted by atomic mass is 32.2. The summed E-state index contributed by atoms with van der Waals surface area (Å²) in [7, 11) is -3.42. The predicted molar refractivity (Wildman–Crippen MR) is 36.2 cm³/mol. The zero-order chi connectivity index (χ0) is 8.32. The highest BCUT2D eigenvalue weighted by Gasteiger charge is 2.15. The maximum absolute atomic E-state index is 11.0. The Bertz CT molecular complexity index is 302. The van der Waals surface area contributed by atoms with Gasteiger partial charge in [-0.05, 0) is 0 Å². The molecule has 1 rings (SSSR count). The largest absolute Gasteiger partial charge is 0.350 e. The number of H-pyrrole nitrogens is 1. The van der Waals surface area contributed by atoms with Crippen LogP contribution in [-0.4, -0.2) is 30.7 Å². The summed E-state index contributed by atoms with van der Waals surface area (Å²) in [6, 6.07) is 0. The first-order valence-electron chi connectivity index (χ1n) is 2.96.